The van der Waals surface area contributed by atoms with Crippen molar-refractivity contribution < 1.29 is 9.53 Å². The number of hydrogen-bond acceptors (Lipinski definition) is 3. The number of carbonyl (C=O) groups excluding carboxylic acids is 1. The molecule has 0 radical (unpaired) electrons. The molecule has 19 heavy (non-hydrogen) atoms. The van der Waals surface area contributed by atoms with Gasteiger partial charge in [0.15, 0.2) is 6.61 Å². The van der Waals surface area contributed by atoms with E-state index >= 15 is 0 Å². The number of halogens is 2. The molecule has 1 aliphatic rings. The van der Waals surface area contributed by atoms with Crippen LogP contribution in [-0.4, -0.2) is 12.5 Å². The van der Waals surface area contributed by atoms with E-state index in [1.807, 2.05) is 29.6 Å². The van der Waals surface area contributed by atoms with Gasteiger partial charge in [0.25, 0.3) is 5.91 Å². The maximum absolute atomic E-state index is 11.3. The van der Waals surface area contributed by atoms with Gasteiger partial charge in [-0.1, -0.05) is 6.07 Å². The molecule has 98 valence electrons. The van der Waals surface area contributed by atoms with Gasteiger partial charge in [-0.3, -0.25) is 4.79 Å². The molecule has 1 N–H and O–H groups in total. The summed E-state index contributed by atoms with van der Waals surface area (Å²) in [6.07, 6.45) is 0. The van der Waals surface area contributed by atoms with Crippen molar-refractivity contribution in [2.24, 2.45) is 0 Å². The lowest BCUT2D eigenvalue weighted by Crippen LogP contribution is -2.25. The van der Waals surface area contributed by atoms with Crippen molar-refractivity contribution in [2.45, 2.75) is 5.38 Å². The number of thiophene rings is 1. The normalized spacial score (nSPS) is 15.4. The highest BCUT2D eigenvalue weighted by atomic mass is 79.9. The predicted molar refractivity (Wildman–Crippen MR) is 80.3 cm³/mol. The number of ether oxygens (including phenoxy) is 1. The summed E-state index contributed by atoms with van der Waals surface area (Å²) in [6, 6.07) is 7.58. The number of benzene rings is 1. The zero-order valence-electron chi connectivity index (χ0n) is 9.65. The van der Waals surface area contributed by atoms with Crippen LogP contribution in [0.3, 0.4) is 0 Å². The molecule has 1 atom stereocenters. The lowest BCUT2D eigenvalue weighted by Gasteiger charge is -2.19. The summed E-state index contributed by atoms with van der Waals surface area (Å²) in [5.74, 6) is 0.533. The van der Waals surface area contributed by atoms with Crippen LogP contribution in [0.2, 0.25) is 0 Å². The molecular formula is C13H9BrClNO2S. The quantitative estimate of drug-likeness (QED) is 0.818. The summed E-state index contributed by atoms with van der Waals surface area (Å²) in [5, 5.41) is 4.52. The van der Waals surface area contributed by atoms with Crippen molar-refractivity contribution >= 4 is 50.5 Å². The maximum Gasteiger partial charge on any atom is 0.262 e. The maximum atomic E-state index is 11.3. The molecule has 6 heteroatoms. The first-order valence-electron chi connectivity index (χ1n) is 5.58. The summed E-state index contributed by atoms with van der Waals surface area (Å²) in [5.41, 5.74) is 1.60. The monoisotopic (exact) mass is 357 g/mol. The van der Waals surface area contributed by atoms with Crippen LogP contribution in [0.4, 0.5) is 5.69 Å². The van der Waals surface area contributed by atoms with Crippen molar-refractivity contribution in [3.8, 4) is 5.75 Å². The van der Waals surface area contributed by atoms with Crippen LogP contribution in [0.5, 0.6) is 5.75 Å². The average molecular weight is 359 g/mol. The number of alkyl halides is 1. The molecule has 0 saturated heterocycles. The van der Waals surface area contributed by atoms with E-state index in [1.165, 1.54) is 0 Å². The van der Waals surface area contributed by atoms with E-state index in [2.05, 4.69) is 21.2 Å². The van der Waals surface area contributed by atoms with Gasteiger partial charge in [-0.25, -0.2) is 0 Å². The summed E-state index contributed by atoms with van der Waals surface area (Å²) < 4.78 is 6.32. The number of hydrogen-bond donors (Lipinski definition) is 1. The van der Waals surface area contributed by atoms with Gasteiger partial charge in [-0.2, -0.15) is 0 Å². The number of anilines is 1. The molecule has 1 aliphatic heterocycles. The molecule has 3 rings (SSSR count). The Bertz CT molecular complexity index is 643. The molecule has 1 aromatic carbocycles. The second-order valence-electron chi connectivity index (χ2n) is 4.09. The number of rotatable bonds is 2. The van der Waals surface area contributed by atoms with Gasteiger partial charge in [-0.15, -0.1) is 22.9 Å². The fourth-order valence-electron chi connectivity index (χ4n) is 1.90. The molecule has 3 nitrogen and oxygen atoms in total. The molecule has 2 heterocycles. The van der Waals surface area contributed by atoms with Crippen molar-refractivity contribution in [3.05, 3.63) is 44.6 Å². The first-order valence-corrected chi connectivity index (χ1v) is 7.69. The molecule has 1 amide bonds. The molecule has 1 unspecified atom stereocenters. The van der Waals surface area contributed by atoms with E-state index in [9.17, 15) is 4.79 Å². The lowest BCUT2D eigenvalue weighted by atomic mass is 10.1. The topological polar surface area (TPSA) is 38.3 Å². The molecule has 0 bridgehead atoms. The zero-order valence-corrected chi connectivity index (χ0v) is 12.8. The molecule has 2 aromatic rings. The third-order valence-corrected chi connectivity index (χ3v) is 5.34. The first-order chi connectivity index (χ1) is 9.15. The van der Waals surface area contributed by atoms with Gasteiger partial charge >= 0.3 is 0 Å². The van der Waals surface area contributed by atoms with Crippen LogP contribution in [0, 0.1) is 0 Å². The Morgan fingerprint density at radius 1 is 1.42 bits per heavy atom. The lowest BCUT2D eigenvalue weighted by molar-refractivity contribution is -0.118. The van der Waals surface area contributed by atoms with Gasteiger partial charge in [-0.05, 0) is 45.1 Å². The highest BCUT2D eigenvalue weighted by Gasteiger charge is 2.20. The van der Waals surface area contributed by atoms with Crippen LogP contribution in [0.25, 0.3) is 0 Å². The Kier molecular flexibility index (Phi) is 3.52. The Balaban J connectivity index is 1.96. The summed E-state index contributed by atoms with van der Waals surface area (Å²) in [4.78, 5) is 12.4. The van der Waals surface area contributed by atoms with Gasteiger partial charge in [0.05, 0.1) is 11.1 Å². The van der Waals surface area contributed by atoms with Crippen LogP contribution in [-0.2, 0) is 4.79 Å². The largest absolute Gasteiger partial charge is 0.482 e. The van der Waals surface area contributed by atoms with Crippen LogP contribution >= 0.6 is 38.9 Å². The molecular weight excluding hydrogens is 350 g/mol. The van der Waals surface area contributed by atoms with E-state index in [-0.39, 0.29) is 17.9 Å². The standard InChI is InChI=1S/C13H9BrClNO2S/c14-8-3-4-19-13(8)12(15)7-1-2-10-9(5-7)16-11(17)6-18-10/h1-5,12H,6H2,(H,16,17). The third kappa shape index (κ3) is 2.50. The van der Waals surface area contributed by atoms with E-state index in [0.29, 0.717) is 11.4 Å². The Labute approximate surface area is 127 Å². The Morgan fingerprint density at radius 3 is 3.00 bits per heavy atom. The van der Waals surface area contributed by atoms with Gasteiger partial charge in [0.2, 0.25) is 0 Å². The fraction of sp³-hybridized carbons (Fsp3) is 0.154. The Morgan fingerprint density at radius 2 is 2.26 bits per heavy atom. The highest BCUT2D eigenvalue weighted by Crippen LogP contribution is 2.40. The minimum Gasteiger partial charge on any atom is -0.482 e. The Hall–Kier alpha value is -1.04. The van der Waals surface area contributed by atoms with E-state index in [1.54, 1.807) is 11.3 Å². The van der Waals surface area contributed by atoms with Crippen LogP contribution in [0.15, 0.2) is 34.1 Å². The number of nitrogens with one attached hydrogen (secondary N) is 1. The predicted octanol–water partition coefficient (Wildman–Crippen LogP) is 4.17. The van der Waals surface area contributed by atoms with E-state index < -0.39 is 0 Å². The van der Waals surface area contributed by atoms with Crippen molar-refractivity contribution in [2.75, 3.05) is 11.9 Å². The van der Waals surface area contributed by atoms with E-state index in [0.717, 1.165) is 14.9 Å². The van der Waals surface area contributed by atoms with Gasteiger partial charge < -0.3 is 10.1 Å². The summed E-state index contributed by atoms with van der Waals surface area (Å²) in [6.45, 7) is 0.0626. The summed E-state index contributed by atoms with van der Waals surface area (Å²) >= 11 is 11.6. The minimum atomic E-state index is -0.251. The second kappa shape index (κ2) is 5.15. The number of amides is 1. The molecule has 0 fully saturated rings. The van der Waals surface area contributed by atoms with E-state index in [4.69, 9.17) is 16.3 Å². The molecule has 0 aliphatic carbocycles. The third-order valence-electron chi connectivity index (χ3n) is 2.80. The fourth-order valence-corrected chi connectivity index (χ4v) is 4.04. The molecule has 0 saturated carbocycles. The minimum absolute atomic E-state index is 0.0626. The number of fused-ring (bicyclic) bond motifs is 1. The second-order valence-corrected chi connectivity index (χ2v) is 6.33. The summed E-state index contributed by atoms with van der Waals surface area (Å²) in [7, 11) is 0. The average Bonchev–Trinajstić information content (AvgIpc) is 2.83. The van der Waals surface area contributed by atoms with Gasteiger partial charge in [0.1, 0.15) is 5.75 Å². The zero-order chi connectivity index (χ0) is 13.4. The van der Waals surface area contributed by atoms with Crippen LogP contribution < -0.4 is 10.1 Å². The van der Waals surface area contributed by atoms with Crippen molar-refractivity contribution in [1.82, 2.24) is 0 Å². The molecule has 1 aromatic heterocycles. The number of carbonyl (C=O) groups is 1. The van der Waals surface area contributed by atoms with Gasteiger partial charge in [0, 0.05) is 9.35 Å². The first kappa shape index (κ1) is 13.0. The van der Waals surface area contributed by atoms with Crippen LogP contribution in [0.1, 0.15) is 15.8 Å². The molecule has 0 spiro atoms. The van der Waals surface area contributed by atoms with Crippen molar-refractivity contribution in [3.63, 3.8) is 0 Å². The smallest absolute Gasteiger partial charge is 0.262 e. The SMILES string of the molecule is O=C1COc2ccc(C(Cl)c3sccc3Br)cc2N1. The van der Waals surface area contributed by atoms with Crippen molar-refractivity contribution in [1.29, 1.82) is 0 Å². The highest BCUT2D eigenvalue weighted by molar-refractivity contribution is 9.10.